The van der Waals surface area contributed by atoms with Crippen LogP contribution in [-0.4, -0.2) is 0 Å². The average Bonchev–Trinajstić information content (AvgIpc) is 3.21. The molecule has 4 aromatic rings. The van der Waals surface area contributed by atoms with E-state index in [0.29, 0.717) is 52.2 Å². The van der Waals surface area contributed by atoms with Gasteiger partial charge in [0.15, 0.2) is 11.4 Å². The number of fused-ring (bicyclic) bond motifs is 3. The van der Waals surface area contributed by atoms with Crippen LogP contribution in [0.3, 0.4) is 0 Å². The molecule has 0 aliphatic heterocycles. The highest BCUT2D eigenvalue weighted by Gasteiger charge is 2.27. The Morgan fingerprint density at radius 2 is 1.79 bits per heavy atom. The molecule has 2 aromatic carbocycles. The molecule has 0 N–H and O–H groups in total. The molecule has 3 nitrogen and oxygen atoms in total. The number of pyridine rings is 1. The van der Waals surface area contributed by atoms with Crippen LogP contribution in [-0.2, 0) is 7.05 Å². The summed E-state index contributed by atoms with van der Waals surface area (Å²) in [7, 11) is 1.85. The molecular weight excluding hydrogens is 404 g/mol. The Balaban J connectivity index is 1.92. The second kappa shape index (κ2) is 8.34. The second-order valence-corrected chi connectivity index (χ2v) is 9.47. The monoisotopic (exact) mass is 441 g/mol. The maximum absolute atomic E-state index is 9.36. The summed E-state index contributed by atoms with van der Waals surface area (Å²) in [4.78, 5) is 3.79. The lowest BCUT2D eigenvalue weighted by Crippen LogP contribution is -2.35. The van der Waals surface area contributed by atoms with Crippen LogP contribution in [0.4, 0.5) is 5.69 Å². The molecule has 5 rings (SSSR count). The summed E-state index contributed by atoms with van der Waals surface area (Å²) in [6.07, 6.45) is 4.44. The summed E-state index contributed by atoms with van der Waals surface area (Å²) >= 11 is 0. The van der Waals surface area contributed by atoms with Gasteiger partial charge >= 0.3 is 0 Å². The summed E-state index contributed by atoms with van der Waals surface area (Å²) in [6, 6.07) is 8.13. The molecule has 0 amide bonds. The summed E-state index contributed by atoms with van der Waals surface area (Å²) in [6.45, 7) is 15.1. The predicted octanol–water partition coefficient (Wildman–Crippen LogP) is 8.42. The maximum atomic E-state index is 9.36. The number of aromatic nitrogens is 1. The van der Waals surface area contributed by atoms with Crippen molar-refractivity contribution in [2.24, 2.45) is 7.05 Å². The van der Waals surface area contributed by atoms with Gasteiger partial charge in [0.25, 0.3) is 0 Å². The van der Waals surface area contributed by atoms with Crippen LogP contribution in [0, 0.1) is 20.4 Å². The predicted molar refractivity (Wildman–Crippen MR) is 136 cm³/mol. The number of hydrogen-bond donors (Lipinski definition) is 0. The normalized spacial score (nSPS) is 17.9. The number of benzene rings is 2. The van der Waals surface area contributed by atoms with Crippen molar-refractivity contribution in [3.63, 3.8) is 0 Å². The third-order valence-corrected chi connectivity index (χ3v) is 7.05. The highest BCUT2D eigenvalue weighted by atomic mass is 16.3. The van der Waals surface area contributed by atoms with E-state index in [-0.39, 0.29) is 12.1 Å². The van der Waals surface area contributed by atoms with Gasteiger partial charge in [0, 0.05) is 38.1 Å². The zero-order valence-electron chi connectivity index (χ0n) is 24.1. The first-order valence-electron chi connectivity index (χ1n) is 13.8. The molecule has 33 heavy (non-hydrogen) atoms. The first-order valence-corrected chi connectivity index (χ1v) is 11.8. The molecule has 0 unspecified atom stereocenters. The van der Waals surface area contributed by atoms with Gasteiger partial charge in [0.2, 0.25) is 5.69 Å². The molecule has 1 fully saturated rings. The smallest absolute Gasteiger partial charge is 0.216 e. The van der Waals surface area contributed by atoms with Gasteiger partial charge in [-0.05, 0) is 42.7 Å². The molecule has 168 valence electrons. The number of hydrogen-bond acceptors (Lipinski definition) is 1. The Hall–Kier alpha value is -3.12. The van der Waals surface area contributed by atoms with Crippen molar-refractivity contribution in [1.29, 1.82) is 0 Å². The van der Waals surface area contributed by atoms with Gasteiger partial charge in [-0.15, -0.1) is 0 Å². The lowest BCUT2D eigenvalue weighted by atomic mass is 9.82. The second-order valence-electron chi connectivity index (χ2n) is 9.47. The maximum Gasteiger partial charge on any atom is 0.216 e. The van der Waals surface area contributed by atoms with E-state index in [4.69, 9.17) is 15.1 Å². The fourth-order valence-electron chi connectivity index (χ4n) is 5.10. The van der Waals surface area contributed by atoms with Gasteiger partial charge < -0.3 is 4.42 Å². The molecule has 0 radical (unpaired) electrons. The van der Waals surface area contributed by atoms with Crippen LogP contribution >= 0.6 is 0 Å². The van der Waals surface area contributed by atoms with Gasteiger partial charge in [0.05, 0.1) is 14.9 Å². The summed E-state index contributed by atoms with van der Waals surface area (Å²) in [5.41, 5.74) is 5.72. The van der Waals surface area contributed by atoms with E-state index >= 15 is 0 Å². The number of aryl methyl sites for hydroxylation is 1. The zero-order valence-corrected chi connectivity index (χ0v) is 20.1. The van der Waals surface area contributed by atoms with Crippen LogP contribution in [0.2, 0.25) is 0 Å². The molecule has 2 heterocycles. The van der Waals surface area contributed by atoms with Crippen LogP contribution in [0.15, 0.2) is 40.8 Å². The molecule has 1 aliphatic carbocycles. The van der Waals surface area contributed by atoms with Gasteiger partial charge in [0.1, 0.15) is 18.2 Å². The van der Waals surface area contributed by atoms with Gasteiger partial charge in [-0.1, -0.05) is 57.4 Å². The van der Waals surface area contributed by atoms with Gasteiger partial charge in [-0.25, -0.2) is 4.85 Å². The van der Waals surface area contributed by atoms with Crippen molar-refractivity contribution < 1.29 is 14.5 Å². The topological polar surface area (TPSA) is 21.4 Å². The molecule has 0 saturated heterocycles. The van der Waals surface area contributed by atoms with Crippen LogP contribution in [0.1, 0.15) is 85.6 Å². The summed E-state index contributed by atoms with van der Waals surface area (Å²) < 4.78 is 44.4. The Kier molecular flexibility index (Phi) is 4.39. The Morgan fingerprint density at radius 1 is 1.09 bits per heavy atom. The minimum absolute atomic E-state index is 0.153. The molecule has 3 heteroatoms. The molecule has 1 aliphatic rings. The van der Waals surface area contributed by atoms with Crippen LogP contribution in [0.5, 0.6) is 0 Å². The Morgan fingerprint density at radius 3 is 2.48 bits per heavy atom. The molecule has 2 aromatic heterocycles. The average molecular weight is 442 g/mol. The van der Waals surface area contributed by atoms with E-state index in [9.17, 15) is 1.37 Å². The Labute approximate surface area is 202 Å². The van der Waals surface area contributed by atoms with E-state index in [2.05, 4.69) is 4.85 Å². The number of rotatable bonds is 3. The SMILES string of the molecule is [2H]c1c(C([2H])(C)C)c([2H])c(-c2c(C)ccc3c2oc2c(C4([2H])CCCCC4)c([N+]#[C-])ccc23)[n+](C)c1C. The van der Waals surface area contributed by atoms with E-state index in [0.717, 1.165) is 41.2 Å². The van der Waals surface area contributed by atoms with Crippen molar-refractivity contribution >= 4 is 27.6 Å². The van der Waals surface area contributed by atoms with E-state index < -0.39 is 11.8 Å². The van der Waals surface area contributed by atoms with Crippen molar-refractivity contribution in [3.8, 4) is 11.3 Å². The third-order valence-electron chi connectivity index (χ3n) is 7.05. The largest absolute Gasteiger partial charge is 0.456 e. The van der Waals surface area contributed by atoms with Gasteiger partial charge in [-0.2, -0.15) is 4.57 Å². The van der Waals surface area contributed by atoms with Crippen molar-refractivity contribution in [2.75, 3.05) is 0 Å². The summed E-state index contributed by atoms with van der Waals surface area (Å²) in [5.74, 6) is -1.98. The first kappa shape index (κ1) is 17.4. The standard InChI is InChI=1S/C30H33N2O/c1-18(2)22-16-20(4)32(6)26(17-22)27-19(3)12-13-23-24-14-15-25(31-5)28(30(24)33-29(23)27)21-10-8-7-9-11-21/h12-18,21H,7-11H2,1-4,6H3/q+1/i16D,17D,18D,21D. The van der Waals surface area contributed by atoms with Crippen molar-refractivity contribution in [3.05, 3.63) is 70.2 Å². The molecule has 0 bridgehead atoms. The van der Waals surface area contributed by atoms with Crippen LogP contribution < -0.4 is 4.57 Å². The van der Waals surface area contributed by atoms with Crippen LogP contribution in [0.25, 0.3) is 38.0 Å². The fraction of sp³-hybridized carbons (Fsp3) is 0.400. The Bertz CT molecular complexity index is 1620. The quantitative estimate of drug-likeness (QED) is 0.231. The molecule has 0 atom stereocenters. The zero-order chi connectivity index (χ0) is 26.9. The first-order chi connectivity index (χ1) is 17.4. The lowest BCUT2D eigenvalue weighted by molar-refractivity contribution is -0.666. The van der Waals surface area contributed by atoms with Gasteiger partial charge in [-0.3, -0.25) is 0 Å². The highest BCUT2D eigenvalue weighted by Crippen LogP contribution is 2.46. The minimum atomic E-state index is -1.12. The van der Waals surface area contributed by atoms with E-state index in [1.54, 1.807) is 13.8 Å². The number of furan rings is 1. The highest BCUT2D eigenvalue weighted by molar-refractivity contribution is 6.11. The lowest BCUT2D eigenvalue weighted by Gasteiger charge is -2.23. The minimum Gasteiger partial charge on any atom is -0.456 e. The number of nitrogens with zero attached hydrogens (tertiary/aromatic N) is 2. The molecular formula is C30H33N2O+. The van der Waals surface area contributed by atoms with E-state index in [1.807, 2.05) is 49.7 Å². The summed E-state index contributed by atoms with van der Waals surface area (Å²) in [5, 5.41) is 1.76. The van der Waals surface area contributed by atoms with E-state index in [1.165, 1.54) is 0 Å². The third kappa shape index (κ3) is 3.53. The molecule has 1 saturated carbocycles. The molecule has 0 spiro atoms. The fourth-order valence-corrected chi connectivity index (χ4v) is 5.10. The van der Waals surface area contributed by atoms with Crippen molar-refractivity contribution in [2.45, 2.75) is 71.6 Å². The van der Waals surface area contributed by atoms with Crippen molar-refractivity contribution in [1.82, 2.24) is 0 Å².